The Morgan fingerprint density at radius 3 is 0.935 bits per heavy atom. The third-order valence-electron chi connectivity index (χ3n) is 12.9. The van der Waals surface area contributed by atoms with Gasteiger partial charge >= 0.3 is 0 Å². The fourth-order valence-corrected chi connectivity index (χ4v) is 9.41. The molecule has 7 rings (SSSR count). The molecule has 3 aromatic rings. The molecule has 0 atom stereocenters. The molecule has 0 radical (unpaired) electrons. The first-order valence-corrected chi connectivity index (χ1v) is 23.2. The van der Waals surface area contributed by atoms with Crippen molar-refractivity contribution in [1.82, 2.24) is 36.9 Å². The summed E-state index contributed by atoms with van der Waals surface area (Å²) in [6.45, 7) is 0.0407. The van der Waals surface area contributed by atoms with Crippen LogP contribution in [0.3, 0.4) is 0 Å². The van der Waals surface area contributed by atoms with Gasteiger partial charge in [-0.3, -0.25) is 28.8 Å². The van der Waals surface area contributed by atoms with Crippen molar-refractivity contribution >= 4 is 35.4 Å². The molecule has 6 amide bonds. The number of pyridine rings is 1. The number of rotatable bonds is 14. The first kappa shape index (κ1) is 44.5. The Balaban J connectivity index is 1.01. The van der Waals surface area contributed by atoms with Crippen molar-refractivity contribution in [2.24, 2.45) is 0 Å². The molecule has 2 aromatic carbocycles. The lowest BCUT2D eigenvalue weighted by atomic mass is 9.94. The van der Waals surface area contributed by atoms with Crippen LogP contribution in [0.4, 0.5) is 0 Å². The molecule has 0 aliphatic heterocycles. The van der Waals surface area contributed by atoms with Gasteiger partial charge in [0.2, 0.25) is 0 Å². The van der Waals surface area contributed by atoms with Gasteiger partial charge in [0.15, 0.2) is 0 Å². The highest BCUT2D eigenvalue weighted by molar-refractivity contribution is 6.01. The summed E-state index contributed by atoms with van der Waals surface area (Å²) >= 11 is 0. The summed E-state index contributed by atoms with van der Waals surface area (Å²) in [6.07, 6.45) is 20.6. The molecule has 330 valence electrons. The van der Waals surface area contributed by atoms with E-state index < -0.39 is 11.8 Å². The van der Waals surface area contributed by atoms with E-state index in [-0.39, 0.29) is 72.3 Å². The zero-order valence-corrected chi connectivity index (χ0v) is 36.0. The predicted molar refractivity (Wildman–Crippen MR) is 237 cm³/mol. The van der Waals surface area contributed by atoms with Gasteiger partial charge in [0, 0.05) is 59.5 Å². The number of hydrogen-bond donors (Lipinski definition) is 6. The molecule has 1 aromatic heterocycles. The molecular weight excluding hydrogens is 783 g/mol. The highest BCUT2D eigenvalue weighted by atomic mass is 16.2. The average Bonchev–Trinajstić information content (AvgIpc) is 3.31. The van der Waals surface area contributed by atoms with E-state index in [2.05, 4.69) is 36.9 Å². The Bertz CT molecular complexity index is 1840. The molecular formula is C49H63N7O6. The lowest BCUT2D eigenvalue weighted by molar-refractivity contribution is 0.0911. The zero-order chi connectivity index (χ0) is 43.3. The third kappa shape index (κ3) is 12.7. The minimum Gasteiger partial charge on any atom is -0.349 e. The van der Waals surface area contributed by atoms with E-state index in [9.17, 15) is 28.8 Å². The highest BCUT2D eigenvalue weighted by Crippen LogP contribution is 2.23. The van der Waals surface area contributed by atoms with E-state index in [0.717, 1.165) is 128 Å². The molecule has 0 bridgehead atoms. The van der Waals surface area contributed by atoms with Crippen LogP contribution in [0, 0.1) is 0 Å². The quantitative estimate of drug-likeness (QED) is 0.0991. The molecule has 62 heavy (non-hydrogen) atoms. The number of benzene rings is 2. The number of amides is 6. The first-order chi connectivity index (χ1) is 30.2. The van der Waals surface area contributed by atoms with Crippen LogP contribution in [-0.2, 0) is 13.1 Å². The fraction of sp³-hybridized carbons (Fsp3) is 0.531. The first-order valence-electron chi connectivity index (χ1n) is 23.2. The van der Waals surface area contributed by atoms with E-state index in [1.54, 1.807) is 42.5 Å². The topological polar surface area (TPSA) is 187 Å². The minimum atomic E-state index is -0.532. The summed E-state index contributed by atoms with van der Waals surface area (Å²) in [7, 11) is 0. The van der Waals surface area contributed by atoms with Crippen LogP contribution in [0.15, 0.2) is 54.6 Å². The summed E-state index contributed by atoms with van der Waals surface area (Å²) in [5.74, 6) is -2.04. The van der Waals surface area contributed by atoms with Crippen LogP contribution in [0.2, 0.25) is 0 Å². The van der Waals surface area contributed by atoms with Crippen molar-refractivity contribution in [3.8, 4) is 0 Å². The normalized spacial score (nSPS) is 17.9. The predicted octanol–water partition coefficient (Wildman–Crippen LogP) is 7.19. The van der Waals surface area contributed by atoms with Crippen molar-refractivity contribution in [3.63, 3.8) is 0 Å². The molecule has 13 nitrogen and oxygen atoms in total. The Kier molecular flexibility index (Phi) is 15.8. The summed E-state index contributed by atoms with van der Waals surface area (Å²) in [5.41, 5.74) is 2.64. The lowest BCUT2D eigenvalue weighted by Crippen LogP contribution is -2.37. The second kappa shape index (κ2) is 22.0. The maximum Gasteiger partial charge on any atom is 0.270 e. The van der Waals surface area contributed by atoms with Gasteiger partial charge in [0.1, 0.15) is 11.4 Å². The van der Waals surface area contributed by atoms with E-state index in [0.29, 0.717) is 33.4 Å². The summed E-state index contributed by atoms with van der Waals surface area (Å²) < 4.78 is 0. The number of hydrogen-bond acceptors (Lipinski definition) is 7. The second-order valence-electron chi connectivity index (χ2n) is 17.8. The largest absolute Gasteiger partial charge is 0.349 e. The van der Waals surface area contributed by atoms with Crippen LogP contribution in [-0.4, -0.2) is 64.6 Å². The van der Waals surface area contributed by atoms with E-state index in [4.69, 9.17) is 0 Å². The molecule has 4 aliphatic rings. The number of aromatic nitrogens is 1. The van der Waals surface area contributed by atoms with E-state index in [1.165, 1.54) is 12.1 Å². The van der Waals surface area contributed by atoms with Gasteiger partial charge in [0.25, 0.3) is 35.4 Å². The maximum atomic E-state index is 13.5. The maximum absolute atomic E-state index is 13.5. The lowest BCUT2D eigenvalue weighted by Gasteiger charge is -2.24. The second-order valence-corrected chi connectivity index (χ2v) is 17.8. The zero-order valence-electron chi connectivity index (χ0n) is 36.0. The Labute approximate surface area is 365 Å². The van der Waals surface area contributed by atoms with Crippen LogP contribution in [0.25, 0.3) is 0 Å². The molecule has 1 heterocycles. The van der Waals surface area contributed by atoms with Crippen LogP contribution in [0.1, 0.15) is 202 Å². The van der Waals surface area contributed by atoms with Crippen LogP contribution >= 0.6 is 0 Å². The number of nitrogens with zero attached hydrogens (tertiary/aromatic N) is 1. The van der Waals surface area contributed by atoms with Crippen molar-refractivity contribution in [2.45, 2.75) is 166 Å². The van der Waals surface area contributed by atoms with Gasteiger partial charge < -0.3 is 31.9 Å². The minimum absolute atomic E-state index is 0.0159. The summed E-state index contributed by atoms with van der Waals surface area (Å²) in [6, 6.07) is 15.0. The van der Waals surface area contributed by atoms with Gasteiger partial charge in [-0.05, 0) is 111 Å². The van der Waals surface area contributed by atoms with Gasteiger partial charge in [-0.1, -0.05) is 83.1 Å². The van der Waals surface area contributed by atoms with Crippen LogP contribution in [0.5, 0.6) is 0 Å². The smallest absolute Gasteiger partial charge is 0.270 e. The highest BCUT2D eigenvalue weighted by Gasteiger charge is 2.24. The number of carbonyl (C=O) groups excluding carboxylic acids is 6. The molecule has 4 fully saturated rings. The monoisotopic (exact) mass is 845 g/mol. The Hall–Kier alpha value is -5.59. The van der Waals surface area contributed by atoms with Gasteiger partial charge in [-0.2, -0.15) is 0 Å². The van der Waals surface area contributed by atoms with Crippen LogP contribution < -0.4 is 31.9 Å². The SMILES string of the molecule is O=C(NC1CCCCC1)c1cc(CNC(=O)c2cccc(C(=O)NCc3cc(C(=O)NC4CCCCC4)cc(C(=O)NC4CCCCC4)c3)n2)cc(C(=O)NC2CCCCC2)c1. The molecule has 6 N–H and O–H groups in total. The standard InChI is InChI=1S/C49H63N7O6/c57-44(52-38-14-5-1-6-15-38)34-24-32(25-35(28-34)45(58)53-39-16-7-2-8-17-39)30-50-48(61)42-22-13-23-43(56-42)49(62)51-31-33-26-36(46(59)54-40-18-9-3-10-19-40)29-37(27-33)47(60)55-41-20-11-4-12-21-41/h13,22-29,38-41H,1-12,14-21,30-31H2,(H,50,61)(H,51,62)(H,52,57)(H,53,58)(H,54,59)(H,55,60). The number of carbonyl (C=O) groups is 6. The fourth-order valence-electron chi connectivity index (χ4n) is 9.41. The third-order valence-corrected chi connectivity index (χ3v) is 12.9. The van der Waals surface area contributed by atoms with Gasteiger partial charge in [-0.25, -0.2) is 4.98 Å². The average molecular weight is 846 g/mol. The summed E-state index contributed by atoms with van der Waals surface area (Å²) in [5, 5.41) is 18.3. The molecule has 0 spiro atoms. The van der Waals surface area contributed by atoms with Crippen molar-refractivity contribution in [1.29, 1.82) is 0 Å². The van der Waals surface area contributed by atoms with Gasteiger partial charge in [0.05, 0.1) is 0 Å². The Morgan fingerprint density at radius 2 is 0.661 bits per heavy atom. The number of nitrogens with one attached hydrogen (secondary N) is 6. The molecule has 0 unspecified atom stereocenters. The Morgan fingerprint density at radius 1 is 0.387 bits per heavy atom. The van der Waals surface area contributed by atoms with Crippen molar-refractivity contribution in [3.05, 3.63) is 99.4 Å². The van der Waals surface area contributed by atoms with E-state index >= 15 is 0 Å². The summed E-state index contributed by atoms with van der Waals surface area (Å²) in [4.78, 5) is 85.2. The molecule has 4 saturated carbocycles. The van der Waals surface area contributed by atoms with Gasteiger partial charge in [-0.15, -0.1) is 0 Å². The molecule has 0 saturated heterocycles. The van der Waals surface area contributed by atoms with E-state index in [1.807, 2.05) is 0 Å². The van der Waals surface area contributed by atoms with Crippen molar-refractivity contribution < 1.29 is 28.8 Å². The molecule has 13 heteroatoms. The van der Waals surface area contributed by atoms with Crippen molar-refractivity contribution in [2.75, 3.05) is 0 Å². The molecule has 4 aliphatic carbocycles.